The maximum absolute atomic E-state index is 12.3. The smallest absolute Gasteiger partial charge is 0.267 e. The zero-order valence-electron chi connectivity index (χ0n) is 17.9. The van der Waals surface area contributed by atoms with Crippen LogP contribution < -0.4 is 27.2 Å². The molecule has 31 heavy (non-hydrogen) atoms. The van der Waals surface area contributed by atoms with Gasteiger partial charge in [0.2, 0.25) is 5.91 Å². The second-order valence-electron chi connectivity index (χ2n) is 8.04. The van der Waals surface area contributed by atoms with E-state index in [-0.39, 0.29) is 24.5 Å². The molecule has 2 aromatic carbocycles. The van der Waals surface area contributed by atoms with Gasteiger partial charge in [-0.05, 0) is 56.2 Å². The second kappa shape index (κ2) is 10.7. The average molecular weight is 428 g/mol. The van der Waals surface area contributed by atoms with Crippen LogP contribution in [0.2, 0.25) is 0 Å². The molecule has 0 aliphatic heterocycles. The van der Waals surface area contributed by atoms with Gasteiger partial charge in [-0.2, -0.15) is 0 Å². The summed E-state index contributed by atoms with van der Waals surface area (Å²) in [6.45, 7) is 6.05. The minimum absolute atomic E-state index is 0.122. The number of nitrogens with two attached hydrogens (primary N) is 1. The summed E-state index contributed by atoms with van der Waals surface area (Å²) in [5.74, 6) is -1.38. The zero-order chi connectivity index (χ0) is 23.0. The van der Waals surface area contributed by atoms with E-state index in [1.807, 2.05) is 45.0 Å². The molecule has 3 amide bonds. The first kappa shape index (κ1) is 24.0. The van der Waals surface area contributed by atoms with Gasteiger partial charge in [-0.3, -0.25) is 19.6 Å². The van der Waals surface area contributed by atoms with Crippen molar-refractivity contribution < 1.29 is 19.6 Å². The van der Waals surface area contributed by atoms with Gasteiger partial charge < -0.3 is 21.7 Å². The molecule has 9 heteroatoms. The molecule has 2 aromatic rings. The molecule has 0 fully saturated rings. The third-order valence-corrected chi connectivity index (χ3v) is 4.40. The molecule has 0 aliphatic carbocycles. The van der Waals surface area contributed by atoms with Gasteiger partial charge in [0.05, 0.1) is 6.54 Å². The van der Waals surface area contributed by atoms with Gasteiger partial charge in [-0.25, -0.2) is 5.48 Å². The highest BCUT2D eigenvalue weighted by atomic mass is 16.5. The topological polar surface area (TPSA) is 146 Å². The van der Waals surface area contributed by atoms with Crippen LogP contribution in [0, 0.1) is 0 Å². The summed E-state index contributed by atoms with van der Waals surface area (Å²) in [4.78, 5) is 35.7. The summed E-state index contributed by atoms with van der Waals surface area (Å²) >= 11 is 0. The molecule has 9 nitrogen and oxygen atoms in total. The van der Waals surface area contributed by atoms with Gasteiger partial charge in [0.1, 0.15) is 6.04 Å². The Morgan fingerprint density at radius 3 is 2.00 bits per heavy atom. The molecule has 7 N–H and O–H groups in total. The highest BCUT2D eigenvalue weighted by Gasteiger charge is 2.19. The minimum Gasteiger partial charge on any atom is -0.339 e. The van der Waals surface area contributed by atoms with E-state index in [4.69, 9.17) is 10.9 Å². The van der Waals surface area contributed by atoms with E-state index in [0.717, 1.165) is 11.1 Å². The second-order valence-corrected chi connectivity index (χ2v) is 8.04. The van der Waals surface area contributed by atoms with Crippen molar-refractivity contribution in [2.75, 3.05) is 18.4 Å². The molecule has 2 rings (SSSR count). The third kappa shape index (κ3) is 7.49. The number of hydroxylamine groups is 1. The molecule has 0 aliphatic rings. The number of amides is 3. The van der Waals surface area contributed by atoms with E-state index in [9.17, 15) is 14.4 Å². The molecule has 0 radical (unpaired) electrons. The summed E-state index contributed by atoms with van der Waals surface area (Å²) in [5.41, 5.74) is 9.61. The average Bonchev–Trinajstić information content (AvgIpc) is 2.75. The number of rotatable bonds is 8. The maximum atomic E-state index is 12.3. The molecule has 166 valence electrons. The predicted octanol–water partition coefficient (Wildman–Crippen LogP) is 1.24. The Kier molecular flexibility index (Phi) is 8.26. The Morgan fingerprint density at radius 2 is 1.52 bits per heavy atom. The van der Waals surface area contributed by atoms with Crippen LogP contribution in [0.1, 0.15) is 31.1 Å². The van der Waals surface area contributed by atoms with Crippen LogP contribution in [0.3, 0.4) is 0 Å². The van der Waals surface area contributed by atoms with Crippen molar-refractivity contribution in [2.24, 2.45) is 5.73 Å². The number of anilines is 1. The Balaban J connectivity index is 1.99. The van der Waals surface area contributed by atoms with Crippen LogP contribution >= 0.6 is 0 Å². The van der Waals surface area contributed by atoms with Crippen LogP contribution in [-0.4, -0.2) is 47.6 Å². The fraction of sp³-hybridized carbons (Fsp3) is 0.318. The summed E-state index contributed by atoms with van der Waals surface area (Å²) in [7, 11) is 0. The van der Waals surface area contributed by atoms with E-state index in [1.54, 1.807) is 24.3 Å². The number of hydrogen-bond donors (Lipinski definition) is 6. The predicted molar refractivity (Wildman–Crippen MR) is 119 cm³/mol. The van der Waals surface area contributed by atoms with Crippen molar-refractivity contribution in [2.45, 2.75) is 32.4 Å². The van der Waals surface area contributed by atoms with Crippen molar-refractivity contribution in [3.05, 3.63) is 54.1 Å². The molecule has 1 atom stereocenters. The minimum atomic E-state index is -1.03. The van der Waals surface area contributed by atoms with E-state index in [0.29, 0.717) is 11.3 Å². The van der Waals surface area contributed by atoms with Crippen molar-refractivity contribution in [1.82, 2.24) is 16.1 Å². The number of hydrogen-bond acceptors (Lipinski definition) is 6. The first-order chi connectivity index (χ1) is 14.6. The Morgan fingerprint density at radius 1 is 0.968 bits per heavy atom. The van der Waals surface area contributed by atoms with E-state index >= 15 is 0 Å². The summed E-state index contributed by atoms with van der Waals surface area (Å²) in [6.07, 6.45) is 0. The molecule has 0 spiro atoms. The van der Waals surface area contributed by atoms with Crippen molar-refractivity contribution in [1.29, 1.82) is 0 Å². The van der Waals surface area contributed by atoms with Crippen LogP contribution in [0.25, 0.3) is 11.1 Å². The fourth-order valence-electron chi connectivity index (χ4n) is 2.66. The molecule has 0 aromatic heterocycles. The number of benzene rings is 2. The summed E-state index contributed by atoms with van der Waals surface area (Å²) in [5, 5.41) is 17.1. The molecular formula is C22H29N5O4. The fourth-order valence-corrected chi connectivity index (χ4v) is 2.66. The van der Waals surface area contributed by atoms with Gasteiger partial charge in [-0.1, -0.05) is 24.3 Å². The Bertz CT molecular complexity index is 905. The van der Waals surface area contributed by atoms with Crippen molar-refractivity contribution >= 4 is 23.4 Å². The SMILES string of the molecule is CC(C)(C)NCC(=O)Nc1ccc(-c2ccc(C(=O)N[C@@H](CN)C(=O)NO)cc2)cc1. The molecule has 0 bridgehead atoms. The van der Waals surface area contributed by atoms with Gasteiger partial charge in [0.25, 0.3) is 11.8 Å². The Labute approximate surface area is 181 Å². The first-order valence-corrected chi connectivity index (χ1v) is 9.83. The van der Waals surface area contributed by atoms with Crippen LogP contribution in [0.5, 0.6) is 0 Å². The lowest BCUT2D eigenvalue weighted by Gasteiger charge is -2.20. The zero-order valence-corrected chi connectivity index (χ0v) is 17.9. The largest absolute Gasteiger partial charge is 0.339 e. The molecular weight excluding hydrogens is 398 g/mol. The third-order valence-electron chi connectivity index (χ3n) is 4.40. The van der Waals surface area contributed by atoms with Gasteiger partial charge in [0, 0.05) is 23.3 Å². The van der Waals surface area contributed by atoms with E-state index in [1.165, 1.54) is 5.48 Å². The first-order valence-electron chi connectivity index (χ1n) is 9.83. The lowest BCUT2D eigenvalue weighted by molar-refractivity contribution is -0.130. The maximum Gasteiger partial charge on any atom is 0.267 e. The highest BCUT2D eigenvalue weighted by molar-refractivity contribution is 5.98. The lowest BCUT2D eigenvalue weighted by atomic mass is 10.0. The molecule has 0 saturated heterocycles. The monoisotopic (exact) mass is 427 g/mol. The van der Waals surface area contributed by atoms with Gasteiger partial charge in [-0.15, -0.1) is 0 Å². The number of nitrogens with one attached hydrogen (secondary N) is 4. The van der Waals surface area contributed by atoms with Gasteiger partial charge >= 0.3 is 0 Å². The van der Waals surface area contributed by atoms with Crippen molar-refractivity contribution in [3.8, 4) is 11.1 Å². The van der Waals surface area contributed by atoms with Crippen LogP contribution in [0.4, 0.5) is 5.69 Å². The van der Waals surface area contributed by atoms with Gasteiger partial charge in [0.15, 0.2) is 0 Å². The number of carbonyl (C=O) groups excluding carboxylic acids is 3. The Hall–Kier alpha value is -3.27. The normalized spacial score (nSPS) is 12.0. The van der Waals surface area contributed by atoms with Crippen LogP contribution in [-0.2, 0) is 9.59 Å². The standard InChI is InChI=1S/C22H29N5O4/c1-22(2,3)24-13-19(28)25-17-10-8-15(9-11-17)14-4-6-16(7-5-14)20(29)26-18(12-23)21(30)27-31/h4-11,18,24,31H,12-13,23H2,1-3H3,(H,25,28)(H,26,29)(H,27,30)/t18-/m0/s1. The molecule has 0 heterocycles. The highest BCUT2D eigenvalue weighted by Crippen LogP contribution is 2.22. The number of carbonyl (C=O) groups is 3. The summed E-state index contributed by atoms with van der Waals surface area (Å²) < 4.78 is 0. The quantitative estimate of drug-likeness (QED) is 0.276. The van der Waals surface area contributed by atoms with E-state index < -0.39 is 17.9 Å². The van der Waals surface area contributed by atoms with E-state index in [2.05, 4.69) is 16.0 Å². The molecule has 0 saturated carbocycles. The summed E-state index contributed by atoms with van der Waals surface area (Å²) in [6, 6.07) is 13.1. The lowest BCUT2D eigenvalue weighted by Crippen LogP contribution is -2.50. The van der Waals surface area contributed by atoms with Crippen LogP contribution in [0.15, 0.2) is 48.5 Å². The molecule has 0 unspecified atom stereocenters. The van der Waals surface area contributed by atoms with Crippen molar-refractivity contribution in [3.63, 3.8) is 0 Å².